The van der Waals surface area contributed by atoms with Crippen LogP contribution in [0.5, 0.6) is 11.5 Å². The van der Waals surface area contributed by atoms with Gasteiger partial charge in [0.15, 0.2) is 11.5 Å². The van der Waals surface area contributed by atoms with Crippen molar-refractivity contribution >= 4 is 5.91 Å². The zero-order chi connectivity index (χ0) is 17.4. The van der Waals surface area contributed by atoms with Gasteiger partial charge in [-0.05, 0) is 38.7 Å². The molecule has 2 atom stereocenters. The van der Waals surface area contributed by atoms with Crippen molar-refractivity contribution in [3.63, 3.8) is 0 Å². The second-order valence-corrected chi connectivity index (χ2v) is 6.00. The number of rotatable bonds is 9. The van der Waals surface area contributed by atoms with Crippen LogP contribution in [-0.2, 0) is 11.3 Å². The molecule has 0 aliphatic heterocycles. The number of carbonyl (C=O) groups excluding carboxylic acids is 1. The zero-order valence-electron chi connectivity index (χ0n) is 14.8. The van der Waals surface area contributed by atoms with E-state index in [-0.39, 0.29) is 17.9 Å². The number of nitrogens with one attached hydrogen (secondary N) is 1. The van der Waals surface area contributed by atoms with Gasteiger partial charge in [0.1, 0.15) is 6.61 Å². The van der Waals surface area contributed by atoms with E-state index in [1.54, 1.807) is 7.11 Å². The summed E-state index contributed by atoms with van der Waals surface area (Å²) in [6.07, 6.45) is 0. The van der Waals surface area contributed by atoms with Gasteiger partial charge in [-0.15, -0.1) is 0 Å². The SMILES string of the molecule is COc1cc(CNC(=O)C(C)C(C)N)ccc1OCCN(C)C. The average Bonchev–Trinajstić information content (AvgIpc) is 2.52. The molecule has 0 fully saturated rings. The van der Waals surface area contributed by atoms with Crippen molar-refractivity contribution in [1.29, 1.82) is 0 Å². The van der Waals surface area contributed by atoms with E-state index in [4.69, 9.17) is 15.2 Å². The van der Waals surface area contributed by atoms with E-state index in [0.29, 0.717) is 24.7 Å². The van der Waals surface area contributed by atoms with Crippen molar-refractivity contribution in [3.05, 3.63) is 23.8 Å². The Bertz CT molecular complexity index is 504. The van der Waals surface area contributed by atoms with Gasteiger partial charge in [0.25, 0.3) is 0 Å². The molecule has 0 spiro atoms. The van der Waals surface area contributed by atoms with Gasteiger partial charge < -0.3 is 25.4 Å². The predicted octanol–water partition coefficient (Wildman–Crippen LogP) is 1.24. The van der Waals surface area contributed by atoms with Crippen LogP contribution in [0.3, 0.4) is 0 Å². The van der Waals surface area contributed by atoms with E-state index < -0.39 is 0 Å². The van der Waals surface area contributed by atoms with Gasteiger partial charge in [0.05, 0.1) is 7.11 Å². The van der Waals surface area contributed by atoms with Gasteiger partial charge in [-0.1, -0.05) is 13.0 Å². The van der Waals surface area contributed by atoms with Gasteiger partial charge in [-0.3, -0.25) is 4.79 Å². The third kappa shape index (κ3) is 6.46. The molecule has 0 aliphatic rings. The Kier molecular flexibility index (Phi) is 7.85. The van der Waals surface area contributed by atoms with Gasteiger partial charge in [-0.25, -0.2) is 0 Å². The fraction of sp³-hybridized carbons (Fsp3) is 0.588. The second-order valence-electron chi connectivity index (χ2n) is 6.00. The Balaban J connectivity index is 2.63. The van der Waals surface area contributed by atoms with Gasteiger partial charge in [-0.2, -0.15) is 0 Å². The molecule has 1 aromatic carbocycles. The maximum absolute atomic E-state index is 11.9. The average molecular weight is 323 g/mol. The molecule has 0 heterocycles. The summed E-state index contributed by atoms with van der Waals surface area (Å²) in [4.78, 5) is 14.0. The molecule has 2 unspecified atom stereocenters. The normalized spacial score (nSPS) is 13.5. The molecule has 1 aromatic rings. The van der Waals surface area contributed by atoms with E-state index >= 15 is 0 Å². The Morgan fingerprint density at radius 1 is 1.30 bits per heavy atom. The molecule has 3 N–H and O–H groups in total. The van der Waals surface area contributed by atoms with E-state index in [2.05, 4.69) is 10.2 Å². The first-order valence-electron chi connectivity index (χ1n) is 7.83. The fourth-order valence-electron chi connectivity index (χ4n) is 1.87. The molecule has 0 radical (unpaired) electrons. The molecule has 0 bridgehead atoms. The van der Waals surface area contributed by atoms with Crippen molar-refractivity contribution < 1.29 is 14.3 Å². The Hall–Kier alpha value is -1.79. The van der Waals surface area contributed by atoms with Crippen LogP contribution in [0.4, 0.5) is 0 Å². The highest BCUT2D eigenvalue weighted by atomic mass is 16.5. The van der Waals surface area contributed by atoms with Crippen LogP contribution in [0.15, 0.2) is 18.2 Å². The third-order valence-corrected chi connectivity index (χ3v) is 3.69. The molecule has 0 aliphatic carbocycles. The highest BCUT2D eigenvalue weighted by Gasteiger charge is 2.16. The van der Waals surface area contributed by atoms with Crippen LogP contribution in [0.25, 0.3) is 0 Å². The van der Waals surface area contributed by atoms with E-state index in [1.807, 2.05) is 46.1 Å². The van der Waals surface area contributed by atoms with Crippen molar-refractivity contribution in [2.75, 3.05) is 34.4 Å². The van der Waals surface area contributed by atoms with Crippen molar-refractivity contribution in [2.45, 2.75) is 26.4 Å². The smallest absolute Gasteiger partial charge is 0.224 e. The fourth-order valence-corrected chi connectivity index (χ4v) is 1.87. The van der Waals surface area contributed by atoms with E-state index in [0.717, 1.165) is 12.1 Å². The molecule has 1 amide bonds. The molecule has 130 valence electrons. The standard InChI is InChI=1S/C17H29N3O3/c1-12(13(2)18)17(21)19-11-14-6-7-15(16(10-14)22-5)23-9-8-20(3)4/h6-7,10,12-13H,8-9,11,18H2,1-5H3,(H,19,21). The number of nitrogens with two attached hydrogens (primary N) is 1. The summed E-state index contributed by atoms with van der Waals surface area (Å²) in [5, 5.41) is 2.89. The number of methoxy groups -OCH3 is 1. The third-order valence-electron chi connectivity index (χ3n) is 3.69. The molecule has 1 rings (SSSR count). The second kappa shape index (κ2) is 9.37. The molecular formula is C17H29N3O3. The summed E-state index contributed by atoms with van der Waals surface area (Å²) in [6.45, 7) is 5.50. The lowest BCUT2D eigenvalue weighted by Crippen LogP contribution is -2.38. The summed E-state index contributed by atoms with van der Waals surface area (Å²) in [5.41, 5.74) is 6.69. The number of likely N-dealkylation sites (N-methyl/N-ethyl adjacent to an activating group) is 1. The summed E-state index contributed by atoms with van der Waals surface area (Å²) in [6, 6.07) is 5.49. The first-order chi connectivity index (χ1) is 10.8. The van der Waals surface area contributed by atoms with Gasteiger partial charge in [0.2, 0.25) is 5.91 Å². The largest absolute Gasteiger partial charge is 0.493 e. The van der Waals surface area contributed by atoms with E-state index in [1.165, 1.54) is 0 Å². The molecule has 6 nitrogen and oxygen atoms in total. The van der Waals surface area contributed by atoms with Crippen LogP contribution < -0.4 is 20.5 Å². The van der Waals surface area contributed by atoms with Gasteiger partial charge in [0, 0.05) is 25.0 Å². The Morgan fingerprint density at radius 3 is 2.57 bits per heavy atom. The van der Waals surface area contributed by atoms with Crippen molar-refractivity contribution in [3.8, 4) is 11.5 Å². The molecular weight excluding hydrogens is 294 g/mol. The number of ether oxygens (including phenoxy) is 2. The number of amides is 1. The lowest BCUT2D eigenvalue weighted by molar-refractivity contribution is -0.125. The predicted molar refractivity (Wildman–Crippen MR) is 91.7 cm³/mol. The lowest BCUT2D eigenvalue weighted by atomic mass is 10.0. The number of hydrogen-bond donors (Lipinski definition) is 2. The highest BCUT2D eigenvalue weighted by molar-refractivity contribution is 5.78. The summed E-state index contributed by atoms with van der Waals surface area (Å²) < 4.78 is 11.1. The molecule has 23 heavy (non-hydrogen) atoms. The van der Waals surface area contributed by atoms with Gasteiger partial charge >= 0.3 is 0 Å². The number of carbonyl (C=O) groups is 1. The minimum absolute atomic E-state index is 0.0507. The Morgan fingerprint density at radius 2 is 2.00 bits per heavy atom. The minimum atomic E-state index is -0.217. The summed E-state index contributed by atoms with van der Waals surface area (Å²) in [5.74, 6) is 1.10. The summed E-state index contributed by atoms with van der Waals surface area (Å²) >= 11 is 0. The first kappa shape index (κ1) is 19.3. The van der Waals surface area contributed by atoms with Crippen molar-refractivity contribution in [1.82, 2.24) is 10.2 Å². The molecule has 0 saturated heterocycles. The maximum Gasteiger partial charge on any atom is 0.224 e. The summed E-state index contributed by atoms with van der Waals surface area (Å²) in [7, 11) is 5.60. The number of hydrogen-bond acceptors (Lipinski definition) is 5. The molecule has 0 aromatic heterocycles. The van der Waals surface area contributed by atoms with Crippen LogP contribution in [-0.4, -0.2) is 51.2 Å². The van der Waals surface area contributed by atoms with Crippen molar-refractivity contribution in [2.24, 2.45) is 11.7 Å². The maximum atomic E-state index is 11.9. The Labute approximate surface area is 138 Å². The van der Waals surface area contributed by atoms with Crippen LogP contribution in [0.1, 0.15) is 19.4 Å². The van der Waals surface area contributed by atoms with Crippen LogP contribution >= 0.6 is 0 Å². The first-order valence-corrected chi connectivity index (χ1v) is 7.83. The van der Waals surface area contributed by atoms with E-state index in [9.17, 15) is 4.79 Å². The monoisotopic (exact) mass is 323 g/mol. The molecule has 6 heteroatoms. The minimum Gasteiger partial charge on any atom is -0.493 e. The molecule has 0 saturated carbocycles. The quantitative estimate of drug-likeness (QED) is 0.715. The highest BCUT2D eigenvalue weighted by Crippen LogP contribution is 2.28. The lowest BCUT2D eigenvalue weighted by Gasteiger charge is -2.16. The van der Waals surface area contributed by atoms with Crippen LogP contribution in [0.2, 0.25) is 0 Å². The number of nitrogens with zero attached hydrogens (tertiary/aromatic N) is 1. The number of benzene rings is 1. The topological polar surface area (TPSA) is 76.8 Å². The van der Waals surface area contributed by atoms with Crippen LogP contribution in [0, 0.1) is 5.92 Å². The zero-order valence-corrected chi connectivity index (χ0v) is 14.8.